The summed E-state index contributed by atoms with van der Waals surface area (Å²) in [4.78, 5) is 0. The van der Waals surface area contributed by atoms with Gasteiger partial charge in [-0.3, -0.25) is 0 Å². The van der Waals surface area contributed by atoms with Gasteiger partial charge in [0, 0.05) is 11.6 Å². The van der Waals surface area contributed by atoms with Crippen LogP contribution in [0.15, 0.2) is 18.2 Å². The van der Waals surface area contributed by atoms with E-state index in [1.54, 1.807) is 0 Å². The third kappa shape index (κ3) is 5.30. The molecule has 1 unspecified atom stereocenters. The van der Waals surface area contributed by atoms with Crippen LogP contribution in [0.1, 0.15) is 52.0 Å². The maximum absolute atomic E-state index is 13.1. The zero-order chi connectivity index (χ0) is 17.5. The van der Waals surface area contributed by atoms with Gasteiger partial charge in [-0.05, 0) is 31.9 Å². The van der Waals surface area contributed by atoms with Crippen LogP contribution in [0, 0.1) is 0 Å². The first-order chi connectivity index (χ1) is 10.7. The Balaban J connectivity index is 3.07. The summed E-state index contributed by atoms with van der Waals surface area (Å²) in [5.74, 6) is 0.446. The molecule has 1 N–H and O–H groups in total. The number of aliphatic hydroxyl groups is 1. The molecule has 0 heterocycles. The maximum Gasteiger partial charge on any atom is 0.421 e. The smallest absolute Gasteiger partial charge is 0.421 e. The first-order valence-electron chi connectivity index (χ1n) is 7.93. The fraction of sp³-hybridized carbons (Fsp3) is 0.647. The predicted molar refractivity (Wildman–Crippen MR) is 82.9 cm³/mol. The van der Waals surface area contributed by atoms with Gasteiger partial charge in [-0.2, -0.15) is 13.2 Å². The van der Waals surface area contributed by atoms with Crippen LogP contribution in [-0.2, 0) is 5.60 Å². The quantitative estimate of drug-likeness (QED) is 0.658. The number of alkyl halides is 3. The molecular weight excluding hydrogens is 309 g/mol. The summed E-state index contributed by atoms with van der Waals surface area (Å²) in [6.07, 6.45) is -1.40. The van der Waals surface area contributed by atoms with Crippen molar-refractivity contribution in [1.82, 2.24) is 0 Å². The third-order valence-electron chi connectivity index (χ3n) is 3.55. The number of halogens is 3. The van der Waals surface area contributed by atoms with Gasteiger partial charge >= 0.3 is 6.18 Å². The molecule has 0 saturated heterocycles. The van der Waals surface area contributed by atoms with Gasteiger partial charge in [0.1, 0.15) is 11.5 Å². The van der Waals surface area contributed by atoms with Crippen LogP contribution >= 0.6 is 0 Å². The third-order valence-corrected chi connectivity index (χ3v) is 3.55. The molecule has 0 saturated carbocycles. The molecule has 0 aliphatic rings. The highest BCUT2D eigenvalue weighted by atomic mass is 19.4. The van der Waals surface area contributed by atoms with Gasteiger partial charge in [0.2, 0.25) is 0 Å². The van der Waals surface area contributed by atoms with Crippen molar-refractivity contribution in [2.24, 2.45) is 0 Å². The van der Waals surface area contributed by atoms with Gasteiger partial charge in [0.25, 0.3) is 0 Å². The second kappa shape index (κ2) is 8.43. The Morgan fingerprint density at radius 3 is 2.09 bits per heavy atom. The zero-order valence-electron chi connectivity index (χ0n) is 13.9. The standard InChI is InChI=1S/C17H25F3O3/c1-4-6-10-22-13-8-9-14(16(3,21)17(18,19)20)15(12-13)23-11-7-5-2/h8-9,12,21H,4-7,10-11H2,1-3H3. The first kappa shape index (κ1) is 19.6. The average Bonchev–Trinajstić information content (AvgIpc) is 2.46. The second-order valence-electron chi connectivity index (χ2n) is 5.63. The fourth-order valence-corrected chi connectivity index (χ4v) is 1.93. The molecule has 1 aromatic carbocycles. The van der Waals surface area contributed by atoms with Gasteiger partial charge in [0.05, 0.1) is 13.2 Å². The van der Waals surface area contributed by atoms with E-state index in [1.165, 1.54) is 18.2 Å². The summed E-state index contributed by atoms with van der Waals surface area (Å²) >= 11 is 0. The van der Waals surface area contributed by atoms with Crippen molar-refractivity contribution in [2.45, 2.75) is 58.2 Å². The topological polar surface area (TPSA) is 38.7 Å². The number of benzene rings is 1. The van der Waals surface area contributed by atoms with Crippen LogP contribution < -0.4 is 9.47 Å². The van der Waals surface area contributed by atoms with Crippen LogP contribution in [0.2, 0.25) is 0 Å². The van der Waals surface area contributed by atoms with E-state index in [9.17, 15) is 18.3 Å². The first-order valence-corrected chi connectivity index (χ1v) is 7.93. The maximum atomic E-state index is 13.1. The molecule has 0 spiro atoms. The van der Waals surface area contributed by atoms with E-state index in [0.717, 1.165) is 26.2 Å². The van der Waals surface area contributed by atoms with Crippen molar-refractivity contribution >= 4 is 0 Å². The van der Waals surface area contributed by atoms with E-state index in [2.05, 4.69) is 0 Å². The van der Waals surface area contributed by atoms with E-state index in [4.69, 9.17) is 9.47 Å². The van der Waals surface area contributed by atoms with Crippen molar-refractivity contribution in [3.05, 3.63) is 23.8 Å². The molecule has 0 radical (unpaired) electrons. The van der Waals surface area contributed by atoms with Crippen molar-refractivity contribution in [3.8, 4) is 11.5 Å². The van der Waals surface area contributed by atoms with Crippen LogP contribution in [0.25, 0.3) is 0 Å². The van der Waals surface area contributed by atoms with Crippen molar-refractivity contribution < 1.29 is 27.8 Å². The lowest BCUT2D eigenvalue weighted by atomic mass is 9.94. The van der Waals surface area contributed by atoms with E-state index >= 15 is 0 Å². The lowest BCUT2D eigenvalue weighted by molar-refractivity contribution is -0.259. The molecule has 6 heteroatoms. The minimum absolute atomic E-state index is 0.00905. The predicted octanol–water partition coefficient (Wildman–Crippen LogP) is 4.81. The summed E-state index contributed by atoms with van der Waals surface area (Å²) in [6.45, 7) is 5.48. The molecular formula is C17H25F3O3. The van der Waals surface area contributed by atoms with Gasteiger partial charge in [-0.15, -0.1) is 0 Å². The van der Waals surface area contributed by atoms with E-state index < -0.39 is 11.8 Å². The average molecular weight is 334 g/mol. The Kier molecular flexibility index (Phi) is 7.19. The molecule has 23 heavy (non-hydrogen) atoms. The molecule has 1 atom stereocenters. The highest BCUT2D eigenvalue weighted by Crippen LogP contribution is 2.43. The minimum Gasteiger partial charge on any atom is -0.493 e. The highest BCUT2D eigenvalue weighted by molar-refractivity contribution is 5.44. The summed E-state index contributed by atoms with van der Waals surface area (Å²) in [7, 11) is 0. The molecule has 0 amide bonds. The number of rotatable bonds is 9. The monoisotopic (exact) mass is 334 g/mol. The van der Waals surface area contributed by atoms with Crippen LogP contribution in [0.3, 0.4) is 0 Å². The number of hydrogen-bond donors (Lipinski definition) is 1. The number of unbranched alkanes of at least 4 members (excludes halogenated alkanes) is 2. The van der Waals surface area contributed by atoms with Crippen LogP contribution in [0.4, 0.5) is 13.2 Å². The van der Waals surface area contributed by atoms with Gasteiger partial charge in [-0.1, -0.05) is 26.7 Å². The summed E-state index contributed by atoms with van der Waals surface area (Å²) in [5, 5.41) is 9.92. The molecule has 132 valence electrons. The van der Waals surface area contributed by atoms with Gasteiger partial charge in [0.15, 0.2) is 5.60 Å². The highest BCUT2D eigenvalue weighted by Gasteiger charge is 2.52. The molecule has 3 nitrogen and oxygen atoms in total. The number of ether oxygens (including phenoxy) is 2. The zero-order valence-corrected chi connectivity index (χ0v) is 13.9. The van der Waals surface area contributed by atoms with Crippen LogP contribution in [0.5, 0.6) is 11.5 Å². The summed E-state index contributed by atoms with van der Waals surface area (Å²) < 4.78 is 50.3. The Hall–Kier alpha value is -1.43. The molecule has 1 aromatic rings. The molecule has 0 aliphatic heterocycles. The fourth-order valence-electron chi connectivity index (χ4n) is 1.93. The SMILES string of the molecule is CCCCOc1ccc(C(C)(O)C(F)(F)F)c(OCCCC)c1. The van der Waals surface area contributed by atoms with Crippen molar-refractivity contribution in [3.63, 3.8) is 0 Å². The van der Waals surface area contributed by atoms with Crippen molar-refractivity contribution in [2.75, 3.05) is 13.2 Å². The number of hydrogen-bond acceptors (Lipinski definition) is 3. The molecule has 0 aromatic heterocycles. The van der Waals surface area contributed by atoms with E-state index in [0.29, 0.717) is 18.8 Å². The largest absolute Gasteiger partial charge is 0.493 e. The second-order valence-corrected chi connectivity index (χ2v) is 5.63. The van der Waals surface area contributed by atoms with Gasteiger partial charge in [-0.25, -0.2) is 0 Å². The van der Waals surface area contributed by atoms with E-state index in [-0.39, 0.29) is 17.9 Å². The minimum atomic E-state index is -4.79. The molecule has 0 fully saturated rings. The van der Waals surface area contributed by atoms with Gasteiger partial charge < -0.3 is 14.6 Å². The van der Waals surface area contributed by atoms with Crippen LogP contribution in [-0.4, -0.2) is 24.5 Å². The Morgan fingerprint density at radius 2 is 1.57 bits per heavy atom. The summed E-state index contributed by atoms with van der Waals surface area (Å²) in [5.41, 5.74) is -3.28. The summed E-state index contributed by atoms with van der Waals surface area (Å²) in [6, 6.07) is 4.06. The molecule has 0 bridgehead atoms. The Labute approximate surface area is 135 Å². The lowest BCUT2D eigenvalue weighted by Gasteiger charge is -2.28. The Bertz CT molecular complexity index is 484. The molecule has 1 rings (SSSR count). The van der Waals surface area contributed by atoms with E-state index in [1.807, 2.05) is 13.8 Å². The normalized spacial score (nSPS) is 14.4. The Morgan fingerprint density at radius 1 is 1.00 bits per heavy atom. The molecule has 0 aliphatic carbocycles. The van der Waals surface area contributed by atoms with Crippen molar-refractivity contribution in [1.29, 1.82) is 0 Å². The lowest BCUT2D eigenvalue weighted by Crippen LogP contribution is -2.39.